The molecule has 0 fully saturated rings. The quantitative estimate of drug-likeness (QED) is 0.295. The van der Waals surface area contributed by atoms with Crippen molar-refractivity contribution >= 4 is 17.8 Å². The summed E-state index contributed by atoms with van der Waals surface area (Å²) in [6, 6.07) is 0. The fraction of sp³-hybridized carbons (Fsp3) is 0.706. The van der Waals surface area contributed by atoms with E-state index in [9.17, 15) is 14.4 Å². The Kier molecular flexibility index (Phi) is 12.7. The summed E-state index contributed by atoms with van der Waals surface area (Å²) in [5.74, 6) is -1.33. The standard InChI is InChI=1S/C17H29NO5/c1-4-5-6-7-8-9-10-11-12-15(19)18(13-16(20)22-2)14-17(21)23-3/h4H,1,5-14H2,2-3H3. The van der Waals surface area contributed by atoms with Crippen molar-refractivity contribution < 1.29 is 23.9 Å². The van der Waals surface area contributed by atoms with Crippen LogP contribution in [-0.2, 0) is 23.9 Å². The summed E-state index contributed by atoms with van der Waals surface area (Å²) < 4.78 is 9.09. The van der Waals surface area contributed by atoms with Crippen molar-refractivity contribution in [2.75, 3.05) is 27.3 Å². The zero-order valence-corrected chi connectivity index (χ0v) is 14.3. The molecule has 0 aliphatic carbocycles. The third-order valence-electron chi connectivity index (χ3n) is 3.50. The van der Waals surface area contributed by atoms with Crippen molar-refractivity contribution in [2.24, 2.45) is 0 Å². The number of esters is 2. The van der Waals surface area contributed by atoms with E-state index in [4.69, 9.17) is 0 Å². The largest absolute Gasteiger partial charge is 0.468 e. The lowest BCUT2D eigenvalue weighted by molar-refractivity contribution is -0.152. The number of hydrogen-bond donors (Lipinski definition) is 0. The Morgan fingerprint density at radius 1 is 0.870 bits per heavy atom. The summed E-state index contributed by atoms with van der Waals surface area (Å²) in [6.07, 6.45) is 9.58. The lowest BCUT2D eigenvalue weighted by Crippen LogP contribution is -2.40. The first-order valence-corrected chi connectivity index (χ1v) is 8.07. The molecule has 0 bridgehead atoms. The molecule has 0 aliphatic heterocycles. The minimum absolute atomic E-state index is 0.229. The van der Waals surface area contributed by atoms with Gasteiger partial charge in [-0.2, -0.15) is 0 Å². The lowest BCUT2D eigenvalue weighted by Gasteiger charge is -2.20. The predicted octanol–water partition coefficient (Wildman–Crippen LogP) is 2.47. The van der Waals surface area contributed by atoms with Crippen LogP contribution in [0.1, 0.15) is 51.4 Å². The molecule has 0 aliphatic rings. The molecule has 0 N–H and O–H groups in total. The molecule has 0 rings (SSSR count). The van der Waals surface area contributed by atoms with E-state index in [1.54, 1.807) is 0 Å². The van der Waals surface area contributed by atoms with Crippen molar-refractivity contribution in [3.05, 3.63) is 12.7 Å². The average molecular weight is 327 g/mol. The first kappa shape index (κ1) is 21.1. The highest BCUT2D eigenvalue weighted by Gasteiger charge is 2.20. The van der Waals surface area contributed by atoms with Crippen LogP contribution in [0.15, 0.2) is 12.7 Å². The summed E-state index contributed by atoms with van der Waals surface area (Å²) in [7, 11) is 2.49. The number of allylic oxidation sites excluding steroid dienone is 1. The van der Waals surface area contributed by atoms with Crippen molar-refractivity contribution in [2.45, 2.75) is 51.4 Å². The molecular formula is C17H29NO5. The second-order valence-corrected chi connectivity index (χ2v) is 5.35. The van der Waals surface area contributed by atoms with Gasteiger partial charge in [0.1, 0.15) is 13.1 Å². The van der Waals surface area contributed by atoms with E-state index in [1.807, 2.05) is 6.08 Å². The van der Waals surface area contributed by atoms with Crippen molar-refractivity contribution in [1.29, 1.82) is 0 Å². The van der Waals surface area contributed by atoms with Gasteiger partial charge in [0.15, 0.2) is 0 Å². The van der Waals surface area contributed by atoms with Crippen LogP contribution in [0.5, 0.6) is 0 Å². The third kappa shape index (κ3) is 11.4. The Labute approximate surface area is 138 Å². The number of rotatable bonds is 13. The van der Waals surface area contributed by atoms with Gasteiger partial charge in [-0.25, -0.2) is 0 Å². The number of ether oxygens (including phenoxy) is 2. The monoisotopic (exact) mass is 327 g/mol. The molecule has 0 atom stereocenters. The summed E-state index contributed by atoms with van der Waals surface area (Å²) >= 11 is 0. The molecule has 132 valence electrons. The maximum atomic E-state index is 12.1. The number of nitrogens with zero attached hydrogens (tertiary/aromatic N) is 1. The Morgan fingerprint density at radius 3 is 1.83 bits per heavy atom. The highest BCUT2D eigenvalue weighted by molar-refractivity contribution is 5.85. The van der Waals surface area contributed by atoms with Gasteiger partial charge in [0.05, 0.1) is 14.2 Å². The number of carbonyl (C=O) groups is 3. The molecule has 0 saturated heterocycles. The van der Waals surface area contributed by atoms with Crippen LogP contribution in [0.3, 0.4) is 0 Å². The fourth-order valence-corrected chi connectivity index (χ4v) is 2.10. The van der Waals surface area contributed by atoms with Crippen LogP contribution in [0.2, 0.25) is 0 Å². The molecule has 23 heavy (non-hydrogen) atoms. The summed E-state index contributed by atoms with van der Waals surface area (Å²) in [4.78, 5) is 35.9. The van der Waals surface area contributed by atoms with Crippen molar-refractivity contribution in [3.8, 4) is 0 Å². The number of amides is 1. The number of methoxy groups -OCH3 is 2. The Hall–Kier alpha value is -1.85. The normalized spacial score (nSPS) is 10.0. The summed E-state index contributed by atoms with van der Waals surface area (Å²) in [5, 5.41) is 0. The fourth-order valence-electron chi connectivity index (χ4n) is 2.10. The van der Waals surface area contributed by atoms with Gasteiger partial charge < -0.3 is 14.4 Å². The summed E-state index contributed by atoms with van der Waals surface area (Å²) in [5.41, 5.74) is 0. The van der Waals surface area contributed by atoms with Crippen LogP contribution in [-0.4, -0.2) is 50.1 Å². The second-order valence-electron chi connectivity index (χ2n) is 5.35. The number of hydrogen-bond acceptors (Lipinski definition) is 5. The minimum atomic E-state index is -0.551. The zero-order valence-electron chi connectivity index (χ0n) is 14.3. The Morgan fingerprint density at radius 2 is 1.35 bits per heavy atom. The van der Waals surface area contributed by atoms with Gasteiger partial charge in [-0.05, 0) is 19.3 Å². The number of carbonyl (C=O) groups excluding carboxylic acids is 3. The van der Waals surface area contributed by atoms with E-state index in [-0.39, 0.29) is 19.0 Å². The highest BCUT2D eigenvalue weighted by atomic mass is 16.5. The highest BCUT2D eigenvalue weighted by Crippen LogP contribution is 2.10. The predicted molar refractivity (Wildman–Crippen MR) is 87.7 cm³/mol. The molecule has 0 radical (unpaired) electrons. The third-order valence-corrected chi connectivity index (χ3v) is 3.50. The van der Waals surface area contributed by atoms with Crippen LogP contribution < -0.4 is 0 Å². The summed E-state index contributed by atoms with van der Waals surface area (Å²) in [6.45, 7) is 3.23. The molecule has 0 aromatic rings. The van der Waals surface area contributed by atoms with Gasteiger partial charge in [0.25, 0.3) is 0 Å². The smallest absolute Gasteiger partial charge is 0.325 e. The Balaban J connectivity index is 4.05. The van der Waals surface area contributed by atoms with E-state index >= 15 is 0 Å². The number of unbranched alkanes of at least 4 members (excludes halogenated alkanes) is 6. The first-order chi connectivity index (χ1) is 11.0. The lowest BCUT2D eigenvalue weighted by atomic mass is 10.1. The molecule has 0 aromatic heterocycles. The van der Waals surface area contributed by atoms with Gasteiger partial charge in [0.2, 0.25) is 5.91 Å². The van der Waals surface area contributed by atoms with Gasteiger partial charge >= 0.3 is 11.9 Å². The molecule has 0 saturated carbocycles. The van der Waals surface area contributed by atoms with Crippen molar-refractivity contribution in [1.82, 2.24) is 4.90 Å². The van der Waals surface area contributed by atoms with Gasteiger partial charge in [-0.15, -0.1) is 6.58 Å². The van der Waals surface area contributed by atoms with Crippen LogP contribution in [0.25, 0.3) is 0 Å². The van der Waals surface area contributed by atoms with Crippen LogP contribution in [0, 0.1) is 0 Å². The zero-order chi connectivity index (χ0) is 17.5. The first-order valence-electron chi connectivity index (χ1n) is 8.07. The van der Waals surface area contributed by atoms with Gasteiger partial charge in [-0.3, -0.25) is 14.4 Å². The molecule has 0 unspecified atom stereocenters. The molecular weight excluding hydrogens is 298 g/mol. The van der Waals surface area contributed by atoms with E-state index in [2.05, 4.69) is 16.1 Å². The molecule has 6 nitrogen and oxygen atoms in total. The van der Waals surface area contributed by atoms with Gasteiger partial charge in [-0.1, -0.05) is 31.8 Å². The maximum absolute atomic E-state index is 12.1. The van der Waals surface area contributed by atoms with E-state index < -0.39 is 11.9 Å². The van der Waals surface area contributed by atoms with E-state index in [0.29, 0.717) is 6.42 Å². The van der Waals surface area contributed by atoms with Crippen molar-refractivity contribution in [3.63, 3.8) is 0 Å². The van der Waals surface area contributed by atoms with E-state index in [0.717, 1.165) is 38.5 Å². The molecule has 0 heterocycles. The molecule has 1 amide bonds. The van der Waals surface area contributed by atoms with Gasteiger partial charge in [0, 0.05) is 6.42 Å². The Bertz CT molecular complexity index is 363. The SMILES string of the molecule is C=CCCCCCCCCC(=O)N(CC(=O)OC)CC(=O)OC. The maximum Gasteiger partial charge on any atom is 0.325 e. The average Bonchev–Trinajstić information content (AvgIpc) is 2.55. The molecule has 0 spiro atoms. The molecule has 6 heteroatoms. The van der Waals surface area contributed by atoms with E-state index in [1.165, 1.54) is 25.5 Å². The van der Waals surface area contributed by atoms with Crippen LogP contribution >= 0.6 is 0 Å². The second kappa shape index (κ2) is 13.8. The van der Waals surface area contributed by atoms with Crippen LogP contribution in [0.4, 0.5) is 0 Å². The topological polar surface area (TPSA) is 72.9 Å². The minimum Gasteiger partial charge on any atom is -0.468 e. The molecule has 0 aromatic carbocycles.